The molecule has 0 fully saturated rings. The molecule has 35 heavy (non-hydrogen) atoms. The molecule has 0 spiro atoms. The molecule has 0 aliphatic heterocycles. The van der Waals surface area contributed by atoms with Crippen LogP contribution in [0.2, 0.25) is 0 Å². The molecule has 1 amide bonds. The standard InChI is InChI=1S/C28H26N2O4S/c1-30(25-10-6-3-7-11-25)35(32,33)27-18-14-24(15-19-27)29-28(31)23-12-16-26(17-13-23)34-21-20-22-8-4-2-5-9-22/h2-19H,20-21H2,1H3,(H,29,31). The van der Waals surface area contributed by atoms with Crippen molar-refractivity contribution in [3.8, 4) is 5.75 Å². The Bertz CT molecular complexity index is 1360. The number of nitrogens with one attached hydrogen (secondary N) is 1. The van der Waals surface area contributed by atoms with E-state index in [9.17, 15) is 13.2 Å². The van der Waals surface area contributed by atoms with E-state index in [2.05, 4.69) is 17.4 Å². The molecule has 4 aromatic carbocycles. The van der Waals surface area contributed by atoms with Gasteiger partial charge in [0, 0.05) is 24.7 Å². The van der Waals surface area contributed by atoms with Crippen molar-refractivity contribution in [3.63, 3.8) is 0 Å². The first-order chi connectivity index (χ1) is 16.9. The van der Waals surface area contributed by atoms with Crippen molar-refractivity contribution in [3.05, 3.63) is 120 Å². The van der Waals surface area contributed by atoms with Crippen LogP contribution in [0.25, 0.3) is 0 Å². The van der Waals surface area contributed by atoms with E-state index >= 15 is 0 Å². The molecule has 7 heteroatoms. The second-order valence-corrected chi connectivity index (χ2v) is 9.86. The number of amides is 1. The number of rotatable bonds is 9. The zero-order valence-corrected chi connectivity index (χ0v) is 20.1. The molecule has 178 valence electrons. The molecule has 0 aliphatic carbocycles. The second kappa shape index (κ2) is 10.9. The Morgan fingerprint density at radius 2 is 1.40 bits per heavy atom. The number of ether oxygens (including phenoxy) is 1. The molecule has 0 saturated heterocycles. The van der Waals surface area contributed by atoms with Gasteiger partial charge in [0.05, 0.1) is 17.2 Å². The van der Waals surface area contributed by atoms with Gasteiger partial charge in [-0.05, 0) is 66.2 Å². The molecule has 0 radical (unpaired) electrons. The van der Waals surface area contributed by atoms with E-state index in [0.717, 1.165) is 6.42 Å². The van der Waals surface area contributed by atoms with Crippen molar-refractivity contribution in [1.82, 2.24) is 0 Å². The minimum atomic E-state index is -3.71. The Morgan fingerprint density at radius 3 is 2.03 bits per heavy atom. The number of hydrogen-bond acceptors (Lipinski definition) is 4. The number of hydrogen-bond donors (Lipinski definition) is 1. The Kier molecular flexibility index (Phi) is 7.48. The highest BCUT2D eigenvalue weighted by molar-refractivity contribution is 7.92. The molecule has 4 rings (SSSR count). The summed E-state index contributed by atoms with van der Waals surface area (Å²) in [5.41, 5.74) is 2.74. The first-order valence-corrected chi connectivity index (χ1v) is 12.6. The van der Waals surface area contributed by atoms with Crippen molar-refractivity contribution >= 4 is 27.3 Å². The number of carbonyl (C=O) groups excluding carboxylic acids is 1. The van der Waals surface area contributed by atoms with Gasteiger partial charge in [0.15, 0.2) is 0 Å². The molecular weight excluding hydrogens is 460 g/mol. The summed E-state index contributed by atoms with van der Waals surface area (Å²) < 4.78 is 32.8. The maximum atomic E-state index is 12.9. The first kappa shape index (κ1) is 24.0. The number of carbonyl (C=O) groups is 1. The van der Waals surface area contributed by atoms with Crippen molar-refractivity contribution in [2.45, 2.75) is 11.3 Å². The summed E-state index contributed by atoms with van der Waals surface area (Å²) in [6, 6.07) is 32.0. The lowest BCUT2D eigenvalue weighted by Gasteiger charge is -2.19. The molecule has 0 aliphatic rings. The summed E-state index contributed by atoms with van der Waals surface area (Å²) in [6.45, 7) is 0.546. The van der Waals surface area contributed by atoms with Crippen LogP contribution >= 0.6 is 0 Å². The van der Waals surface area contributed by atoms with E-state index in [0.29, 0.717) is 29.3 Å². The summed E-state index contributed by atoms with van der Waals surface area (Å²) in [7, 11) is -2.20. The molecule has 4 aromatic rings. The molecule has 0 aromatic heterocycles. The third-order valence-corrected chi connectivity index (χ3v) is 7.31. The second-order valence-electron chi connectivity index (χ2n) is 7.90. The molecule has 0 atom stereocenters. The topological polar surface area (TPSA) is 75.7 Å². The fourth-order valence-electron chi connectivity index (χ4n) is 3.48. The summed E-state index contributed by atoms with van der Waals surface area (Å²) in [6.07, 6.45) is 0.802. The molecular formula is C28H26N2O4S. The molecule has 0 bridgehead atoms. The van der Waals surface area contributed by atoms with Crippen LogP contribution in [0.15, 0.2) is 114 Å². The largest absolute Gasteiger partial charge is 0.493 e. The SMILES string of the molecule is CN(c1ccccc1)S(=O)(=O)c1ccc(NC(=O)c2ccc(OCCc3ccccc3)cc2)cc1. The van der Waals surface area contributed by atoms with Crippen LogP contribution in [0, 0.1) is 0 Å². The average molecular weight is 487 g/mol. The average Bonchev–Trinajstić information content (AvgIpc) is 2.90. The van der Waals surface area contributed by atoms with Gasteiger partial charge in [-0.25, -0.2) is 8.42 Å². The number of sulfonamides is 1. The van der Waals surface area contributed by atoms with E-state index in [1.54, 1.807) is 60.7 Å². The van der Waals surface area contributed by atoms with Gasteiger partial charge in [-0.15, -0.1) is 0 Å². The Labute approximate surface area is 205 Å². The zero-order chi connectivity index (χ0) is 24.7. The molecule has 0 unspecified atom stereocenters. The summed E-state index contributed by atoms with van der Waals surface area (Å²) >= 11 is 0. The summed E-state index contributed by atoms with van der Waals surface area (Å²) in [4.78, 5) is 12.8. The minimum absolute atomic E-state index is 0.138. The molecule has 1 N–H and O–H groups in total. The highest BCUT2D eigenvalue weighted by Gasteiger charge is 2.21. The van der Waals surface area contributed by atoms with Crippen molar-refractivity contribution < 1.29 is 17.9 Å². The normalized spacial score (nSPS) is 11.0. The van der Waals surface area contributed by atoms with Gasteiger partial charge in [0.1, 0.15) is 5.75 Å². The van der Waals surface area contributed by atoms with Crippen LogP contribution in [0.1, 0.15) is 15.9 Å². The fraction of sp³-hybridized carbons (Fsp3) is 0.107. The summed E-state index contributed by atoms with van der Waals surface area (Å²) in [5, 5.41) is 2.79. The van der Waals surface area contributed by atoms with Crippen molar-refractivity contribution in [2.24, 2.45) is 0 Å². The van der Waals surface area contributed by atoms with Gasteiger partial charge in [-0.1, -0.05) is 48.5 Å². The van der Waals surface area contributed by atoms with E-state index in [-0.39, 0.29) is 10.8 Å². The Balaban J connectivity index is 1.34. The maximum absolute atomic E-state index is 12.9. The van der Waals surface area contributed by atoms with Crippen LogP contribution in [-0.4, -0.2) is 28.0 Å². The summed E-state index contributed by atoms with van der Waals surface area (Å²) in [5.74, 6) is 0.396. The molecule has 6 nitrogen and oxygen atoms in total. The van der Waals surface area contributed by atoms with Gasteiger partial charge < -0.3 is 10.1 Å². The van der Waals surface area contributed by atoms with Crippen LogP contribution in [0.3, 0.4) is 0 Å². The smallest absolute Gasteiger partial charge is 0.264 e. The lowest BCUT2D eigenvalue weighted by atomic mass is 10.2. The van der Waals surface area contributed by atoms with Gasteiger partial charge in [-0.3, -0.25) is 9.10 Å². The predicted molar refractivity (Wildman–Crippen MR) is 139 cm³/mol. The Morgan fingerprint density at radius 1 is 0.800 bits per heavy atom. The number of benzene rings is 4. The van der Waals surface area contributed by atoms with E-state index in [1.807, 2.05) is 24.3 Å². The van der Waals surface area contributed by atoms with E-state index < -0.39 is 10.0 Å². The number of anilines is 2. The highest BCUT2D eigenvalue weighted by atomic mass is 32.2. The maximum Gasteiger partial charge on any atom is 0.264 e. The molecule has 0 saturated carbocycles. The molecule has 0 heterocycles. The van der Waals surface area contributed by atoms with Gasteiger partial charge in [-0.2, -0.15) is 0 Å². The highest BCUT2D eigenvalue weighted by Crippen LogP contribution is 2.23. The van der Waals surface area contributed by atoms with Crippen molar-refractivity contribution in [2.75, 3.05) is 23.3 Å². The lowest BCUT2D eigenvalue weighted by Crippen LogP contribution is -2.26. The van der Waals surface area contributed by atoms with E-state index in [1.165, 1.54) is 29.0 Å². The zero-order valence-electron chi connectivity index (χ0n) is 19.3. The van der Waals surface area contributed by atoms with Crippen LogP contribution < -0.4 is 14.4 Å². The van der Waals surface area contributed by atoms with Gasteiger partial charge >= 0.3 is 0 Å². The third-order valence-electron chi connectivity index (χ3n) is 5.51. The van der Waals surface area contributed by atoms with Gasteiger partial charge in [0.25, 0.3) is 15.9 Å². The quantitative estimate of drug-likeness (QED) is 0.344. The van der Waals surface area contributed by atoms with Crippen LogP contribution in [0.5, 0.6) is 5.75 Å². The van der Waals surface area contributed by atoms with Crippen LogP contribution in [-0.2, 0) is 16.4 Å². The number of nitrogens with zero attached hydrogens (tertiary/aromatic N) is 1. The predicted octanol–water partition coefficient (Wildman–Crippen LogP) is 5.39. The fourth-order valence-corrected chi connectivity index (χ4v) is 4.68. The van der Waals surface area contributed by atoms with E-state index in [4.69, 9.17) is 4.74 Å². The lowest BCUT2D eigenvalue weighted by molar-refractivity contribution is 0.102. The van der Waals surface area contributed by atoms with Crippen molar-refractivity contribution in [1.29, 1.82) is 0 Å². The monoisotopic (exact) mass is 486 g/mol. The third kappa shape index (κ3) is 6.07. The Hall–Kier alpha value is -4.10. The first-order valence-electron chi connectivity index (χ1n) is 11.2. The van der Waals surface area contributed by atoms with Gasteiger partial charge in [0.2, 0.25) is 0 Å². The minimum Gasteiger partial charge on any atom is -0.493 e. The number of para-hydroxylation sites is 1. The van der Waals surface area contributed by atoms with Crippen LogP contribution in [0.4, 0.5) is 11.4 Å².